The minimum absolute atomic E-state index is 0.236. The summed E-state index contributed by atoms with van der Waals surface area (Å²) in [6.45, 7) is 5.98. The zero-order chi connectivity index (χ0) is 10.5. The molecule has 0 aromatic heterocycles. The third-order valence-corrected chi connectivity index (χ3v) is 2.71. The number of nitrogens with zero attached hydrogens (tertiary/aromatic N) is 1. The Bertz CT molecular complexity index is 259. The molecule has 0 radical (unpaired) electrons. The van der Waals surface area contributed by atoms with Crippen molar-refractivity contribution in [3.8, 4) is 0 Å². The number of amides is 1. The van der Waals surface area contributed by atoms with Gasteiger partial charge in [0.25, 0.3) is 0 Å². The minimum atomic E-state index is -0.449. The summed E-state index contributed by atoms with van der Waals surface area (Å²) in [7, 11) is 0. The number of aliphatic hydroxyl groups is 1. The second-order valence-electron chi connectivity index (χ2n) is 5.17. The summed E-state index contributed by atoms with van der Waals surface area (Å²) < 4.78 is 5.24. The number of carbonyl (C=O) groups is 1. The van der Waals surface area contributed by atoms with E-state index in [0.717, 1.165) is 6.42 Å². The van der Waals surface area contributed by atoms with E-state index in [-0.39, 0.29) is 18.2 Å². The SMILES string of the molecule is CC(C)(C)OC(=O)N1CC(O)C2CC21. The Hall–Kier alpha value is -0.770. The lowest BCUT2D eigenvalue weighted by Gasteiger charge is -2.25. The van der Waals surface area contributed by atoms with E-state index in [1.54, 1.807) is 4.90 Å². The van der Waals surface area contributed by atoms with E-state index in [1.165, 1.54) is 0 Å². The van der Waals surface area contributed by atoms with Crippen molar-refractivity contribution >= 4 is 6.09 Å². The molecular weight excluding hydrogens is 182 g/mol. The van der Waals surface area contributed by atoms with Crippen molar-refractivity contribution in [1.29, 1.82) is 0 Å². The van der Waals surface area contributed by atoms with Gasteiger partial charge in [-0.05, 0) is 27.2 Å². The number of piperidine rings is 1. The maximum atomic E-state index is 11.6. The normalized spacial score (nSPS) is 35.4. The second-order valence-corrected chi connectivity index (χ2v) is 5.17. The van der Waals surface area contributed by atoms with Crippen LogP contribution in [0, 0.1) is 5.92 Å². The van der Waals surface area contributed by atoms with Crippen LogP contribution in [0.3, 0.4) is 0 Å². The van der Waals surface area contributed by atoms with E-state index >= 15 is 0 Å². The number of aliphatic hydroxyl groups excluding tert-OH is 1. The summed E-state index contributed by atoms with van der Waals surface area (Å²) in [6.07, 6.45) is 0.300. The molecule has 1 saturated heterocycles. The van der Waals surface area contributed by atoms with E-state index < -0.39 is 5.60 Å². The quantitative estimate of drug-likeness (QED) is 0.633. The fourth-order valence-corrected chi connectivity index (χ4v) is 1.97. The molecule has 2 fully saturated rings. The predicted octanol–water partition coefficient (Wildman–Crippen LogP) is 0.986. The van der Waals surface area contributed by atoms with Crippen molar-refractivity contribution in [3.63, 3.8) is 0 Å². The van der Waals surface area contributed by atoms with Crippen LogP contribution in [-0.2, 0) is 4.74 Å². The van der Waals surface area contributed by atoms with E-state index in [2.05, 4.69) is 0 Å². The number of rotatable bonds is 0. The molecule has 4 heteroatoms. The van der Waals surface area contributed by atoms with Crippen molar-refractivity contribution in [3.05, 3.63) is 0 Å². The Morgan fingerprint density at radius 1 is 1.50 bits per heavy atom. The average molecular weight is 199 g/mol. The van der Waals surface area contributed by atoms with Crippen LogP contribution in [0.5, 0.6) is 0 Å². The third-order valence-electron chi connectivity index (χ3n) is 2.71. The molecule has 2 aliphatic rings. The van der Waals surface area contributed by atoms with Crippen LogP contribution in [0.2, 0.25) is 0 Å². The molecule has 1 aliphatic carbocycles. The van der Waals surface area contributed by atoms with Crippen LogP contribution in [0.15, 0.2) is 0 Å². The number of β-amino-alcohol motifs (C(OH)–C–C–N with tert-alkyl or cyclic N) is 1. The lowest BCUT2D eigenvalue weighted by Crippen LogP contribution is -2.38. The van der Waals surface area contributed by atoms with Crippen molar-refractivity contribution in [2.45, 2.75) is 44.9 Å². The molecule has 2 rings (SSSR count). The standard InChI is InChI=1S/C10H17NO3/c1-10(2,3)14-9(13)11-5-8(12)6-4-7(6)11/h6-8,12H,4-5H2,1-3H3. The Labute approximate surface area is 83.8 Å². The maximum Gasteiger partial charge on any atom is 0.410 e. The van der Waals surface area contributed by atoms with Crippen molar-refractivity contribution in [2.75, 3.05) is 6.54 Å². The molecule has 0 aromatic rings. The highest BCUT2D eigenvalue weighted by atomic mass is 16.6. The van der Waals surface area contributed by atoms with Crippen LogP contribution >= 0.6 is 0 Å². The highest BCUT2D eigenvalue weighted by molar-refractivity contribution is 5.70. The molecule has 0 spiro atoms. The van der Waals surface area contributed by atoms with Crippen molar-refractivity contribution < 1.29 is 14.6 Å². The van der Waals surface area contributed by atoms with Crippen molar-refractivity contribution in [2.24, 2.45) is 5.92 Å². The number of fused-ring (bicyclic) bond motifs is 1. The van der Waals surface area contributed by atoms with E-state index in [4.69, 9.17) is 4.74 Å². The first kappa shape index (κ1) is 9.77. The molecule has 4 nitrogen and oxygen atoms in total. The molecule has 3 unspecified atom stereocenters. The predicted molar refractivity (Wildman–Crippen MR) is 50.8 cm³/mol. The Morgan fingerprint density at radius 2 is 2.14 bits per heavy atom. The number of hydrogen-bond acceptors (Lipinski definition) is 3. The first-order valence-corrected chi connectivity index (χ1v) is 5.06. The highest BCUT2D eigenvalue weighted by Crippen LogP contribution is 2.44. The minimum Gasteiger partial charge on any atom is -0.444 e. The summed E-state index contributed by atoms with van der Waals surface area (Å²) in [4.78, 5) is 13.3. The zero-order valence-electron chi connectivity index (χ0n) is 8.86. The van der Waals surface area contributed by atoms with Crippen LogP contribution in [0.4, 0.5) is 4.79 Å². The molecule has 0 aromatic carbocycles. The second kappa shape index (κ2) is 2.86. The summed E-state index contributed by atoms with van der Waals surface area (Å²) in [5.41, 5.74) is -0.449. The summed E-state index contributed by atoms with van der Waals surface area (Å²) in [5.74, 6) is 0.308. The van der Waals surface area contributed by atoms with Gasteiger partial charge in [0.05, 0.1) is 12.6 Å². The summed E-state index contributed by atoms with van der Waals surface area (Å²) >= 11 is 0. The van der Waals surface area contributed by atoms with Crippen LogP contribution in [0.25, 0.3) is 0 Å². The van der Waals surface area contributed by atoms with Gasteiger partial charge in [0.2, 0.25) is 0 Å². The maximum absolute atomic E-state index is 11.6. The fourth-order valence-electron chi connectivity index (χ4n) is 1.97. The lowest BCUT2D eigenvalue weighted by molar-refractivity contribution is 0.0221. The van der Waals surface area contributed by atoms with Gasteiger partial charge >= 0.3 is 6.09 Å². The molecule has 80 valence electrons. The molecule has 1 saturated carbocycles. The molecule has 1 aliphatic heterocycles. The van der Waals surface area contributed by atoms with Crippen molar-refractivity contribution in [1.82, 2.24) is 4.90 Å². The first-order valence-electron chi connectivity index (χ1n) is 5.06. The van der Waals surface area contributed by atoms with Crippen LogP contribution in [0.1, 0.15) is 27.2 Å². The number of ether oxygens (including phenoxy) is 1. The molecule has 1 N–H and O–H groups in total. The van der Waals surface area contributed by atoms with Gasteiger partial charge in [-0.3, -0.25) is 0 Å². The van der Waals surface area contributed by atoms with Gasteiger partial charge < -0.3 is 14.7 Å². The Balaban J connectivity index is 1.93. The van der Waals surface area contributed by atoms with Gasteiger partial charge in [-0.1, -0.05) is 0 Å². The van der Waals surface area contributed by atoms with Gasteiger partial charge in [-0.2, -0.15) is 0 Å². The van der Waals surface area contributed by atoms with Gasteiger partial charge in [0.15, 0.2) is 0 Å². The first-order chi connectivity index (χ1) is 6.38. The molecular formula is C10H17NO3. The van der Waals surface area contributed by atoms with Gasteiger partial charge in [-0.25, -0.2) is 4.79 Å². The topological polar surface area (TPSA) is 49.8 Å². The van der Waals surface area contributed by atoms with Gasteiger partial charge in [0.1, 0.15) is 5.60 Å². The van der Waals surface area contributed by atoms with E-state index in [9.17, 15) is 9.90 Å². The zero-order valence-corrected chi connectivity index (χ0v) is 8.86. The molecule has 14 heavy (non-hydrogen) atoms. The summed E-state index contributed by atoms with van der Waals surface area (Å²) in [5, 5.41) is 9.51. The number of likely N-dealkylation sites (tertiary alicyclic amines) is 1. The lowest BCUT2D eigenvalue weighted by atomic mass is 10.2. The van der Waals surface area contributed by atoms with Gasteiger partial charge in [0, 0.05) is 12.0 Å². The number of carbonyl (C=O) groups excluding carboxylic acids is 1. The van der Waals surface area contributed by atoms with Crippen LogP contribution in [-0.4, -0.2) is 40.4 Å². The fraction of sp³-hybridized carbons (Fsp3) is 0.900. The monoisotopic (exact) mass is 199 g/mol. The molecule has 3 atom stereocenters. The van der Waals surface area contributed by atoms with Crippen LogP contribution < -0.4 is 0 Å². The Kier molecular flexibility index (Phi) is 2.00. The van der Waals surface area contributed by atoms with E-state index in [1.807, 2.05) is 20.8 Å². The summed E-state index contributed by atoms with van der Waals surface area (Å²) in [6, 6.07) is 0.236. The highest BCUT2D eigenvalue weighted by Gasteiger charge is 2.55. The molecule has 1 heterocycles. The van der Waals surface area contributed by atoms with E-state index in [0.29, 0.717) is 12.5 Å². The molecule has 1 amide bonds. The smallest absolute Gasteiger partial charge is 0.410 e. The Morgan fingerprint density at radius 3 is 2.50 bits per heavy atom. The average Bonchev–Trinajstić information content (AvgIpc) is 2.69. The largest absolute Gasteiger partial charge is 0.444 e. The molecule has 0 bridgehead atoms. The van der Waals surface area contributed by atoms with Gasteiger partial charge in [-0.15, -0.1) is 0 Å². The number of hydrogen-bond donors (Lipinski definition) is 1. The third kappa shape index (κ3) is 1.71.